The number of aryl methyl sites for hydroxylation is 2. The summed E-state index contributed by atoms with van der Waals surface area (Å²) in [5.41, 5.74) is 2.24. The average Bonchev–Trinajstić information content (AvgIpc) is 3.19. The number of benzene rings is 2. The van der Waals surface area contributed by atoms with Crippen molar-refractivity contribution >= 4 is 23.1 Å². The van der Waals surface area contributed by atoms with Crippen LogP contribution in [0.3, 0.4) is 0 Å². The number of nitrogens with zero attached hydrogens (tertiary/aromatic N) is 3. The first kappa shape index (κ1) is 27.2. The molecule has 3 rings (SSSR count). The maximum atomic E-state index is 13.4. The highest BCUT2D eigenvalue weighted by Crippen LogP contribution is 2.21. The predicted octanol–water partition coefficient (Wildman–Crippen LogP) is 6.14. The molecule has 0 saturated heterocycles. The zero-order valence-electron chi connectivity index (χ0n) is 22.2. The summed E-state index contributed by atoms with van der Waals surface area (Å²) in [5.74, 6) is 0.468. The number of carbonyl (C=O) groups is 2. The molecule has 0 saturated carbocycles. The molecular formula is C29H39N3O4. The second kappa shape index (κ2) is 12.6. The van der Waals surface area contributed by atoms with Gasteiger partial charge in [-0.05, 0) is 57.7 Å². The van der Waals surface area contributed by atoms with Crippen LogP contribution in [0.1, 0.15) is 65.3 Å². The Labute approximate surface area is 214 Å². The number of carbonyl (C=O) groups excluding carboxylic acids is 2. The average molecular weight is 494 g/mol. The zero-order valence-corrected chi connectivity index (χ0v) is 22.2. The monoisotopic (exact) mass is 493 g/mol. The van der Waals surface area contributed by atoms with Gasteiger partial charge in [0, 0.05) is 19.5 Å². The molecule has 0 spiro atoms. The number of imidazole rings is 1. The molecule has 0 aliphatic rings. The van der Waals surface area contributed by atoms with Gasteiger partial charge in [0.1, 0.15) is 24.1 Å². The Bertz CT molecular complexity index is 1130. The lowest BCUT2D eigenvalue weighted by molar-refractivity contribution is -0.151. The number of para-hydroxylation sites is 2. The summed E-state index contributed by atoms with van der Waals surface area (Å²) in [7, 11) is 0. The van der Waals surface area contributed by atoms with Crippen molar-refractivity contribution in [3.05, 3.63) is 66.0 Å². The van der Waals surface area contributed by atoms with Crippen LogP contribution in [0.5, 0.6) is 0 Å². The summed E-state index contributed by atoms with van der Waals surface area (Å²) in [6, 6.07) is 16.8. The minimum atomic E-state index is -0.779. The summed E-state index contributed by atoms with van der Waals surface area (Å²) in [6.07, 6.45) is 2.07. The van der Waals surface area contributed by atoms with Crippen LogP contribution in [0.25, 0.3) is 11.0 Å². The largest absolute Gasteiger partial charge is 0.459 e. The van der Waals surface area contributed by atoms with Crippen LogP contribution in [-0.4, -0.2) is 44.7 Å². The quantitative estimate of drug-likeness (QED) is 0.300. The van der Waals surface area contributed by atoms with Crippen molar-refractivity contribution in [3.8, 4) is 0 Å². The minimum Gasteiger partial charge on any atom is -0.459 e. The molecule has 7 nitrogen and oxygen atoms in total. The van der Waals surface area contributed by atoms with Gasteiger partial charge >= 0.3 is 12.1 Å². The normalized spacial score (nSPS) is 12.4. The summed E-state index contributed by atoms with van der Waals surface area (Å²) in [6.45, 7) is 11.0. The van der Waals surface area contributed by atoms with Gasteiger partial charge < -0.3 is 14.0 Å². The SMILES string of the molecule is CCCN(C(=O)OC(C)(C)C)[C@@H](CCc1nc2ccccc2n1CCC)C(=O)OCc1ccccc1. The Morgan fingerprint density at radius 3 is 2.36 bits per heavy atom. The third kappa shape index (κ3) is 7.33. The van der Waals surface area contributed by atoms with Crippen molar-refractivity contribution in [2.45, 2.75) is 85.1 Å². The fourth-order valence-electron chi connectivity index (χ4n) is 4.22. The maximum absolute atomic E-state index is 13.4. The molecule has 0 fully saturated rings. The van der Waals surface area contributed by atoms with E-state index in [0.717, 1.165) is 35.4 Å². The first-order valence-electron chi connectivity index (χ1n) is 12.9. The van der Waals surface area contributed by atoms with Crippen molar-refractivity contribution in [1.82, 2.24) is 14.5 Å². The highest BCUT2D eigenvalue weighted by atomic mass is 16.6. The van der Waals surface area contributed by atoms with Crippen molar-refractivity contribution < 1.29 is 19.1 Å². The van der Waals surface area contributed by atoms with E-state index in [1.165, 1.54) is 4.90 Å². The van der Waals surface area contributed by atoms with Gasteiger partial charge in [0.25, 0.3) is 0 Å². The van der Waals surface area contributed by atoms with Gasteiger partial charge in [-0.15, -0.1) is 0 Å². The van der Waals surface area contributed by atoms with E-state index in [2.05, 4.69) is 17.6 Å². The van der Waals surface area contributed by atoms with E-state index < -0.39 is 23.7 Å². The second-order valence-corrected chi connectivity index (χ2v) is 9.99. The van der Waals surface area contributed by atoms with Crippen LogP contribution in [0.4, 0.5) is 4.79 Å². The number of fused-ring (bicyclic) bond motifs is 1. The Balaban J connectivity index is 1.87. The molecule has 0 unspecified atom stereocenters. The van der Waals surface area contributed by atoms with Crippen molar-refractivity contribution in [1.29, 1.82) is 0 Å². The number of ether oxygens (including phenoxy) is 2. The number of aromatic nitrogens is 2. The Morgan fingerprint density at radius 2 is 1.69 bits per heavy atom. The molecule has 194 valence electrons. The minimum absolute atomic E-state index is 0.152. The topological polar surface area (TPSA) is 73.7 Å². The lowest BCUT2D eigenvalue weighted by Crippen LogP contribution is -2.48. The molecule has 0 N–H and O–H groups in total. The van der Waals surface area contributed by atoms with Crippen LogP contribution in [0.2, 0.25) is 0 Å². The van der Waals surface area contributed by atoms with Crippen molar-refractivity contribution in [2.75, 3.05) is 6.54 Å². The number of amides is 1. The summed E-state index contributed by atoms with van der Waals surface area (Å²) in [4.78, 5) is 32.9. The van der Waals surface area contributed by atoms with Crippen LogP contribution in [0.15, 0.2) is 54.6 Å². The fraction of sp³-hybridized carbons (Fsp3) is 0.483. The molecule has 3 aromatic rings. The smallest absolute Gasteiger partial charge is 0.411 e. The van der Waals surface area contributed by atoms with Gasteiger partial charge in [-0.25, -0.2) is 14.6 Å². The van der Waals surface area contributed by atoms with E-state index >= 15 is 0 Å². The molecule has 7 heteroatoms. The summed E-state index contributed by atoms with van der Waals surface area (Å²) in [5, 5.41) is 0. The van der Waals surface area contributed by atoms with Gasteiger partial charge in [0.05, 0.1) is 11.0 Å². The molecule has 2 aromatic carbocycles. The number of hydrogen-bond acceptors (Lipinski definition) is 5. The molecule has 1 amide bonds. The standard InChI is InChI=1S/C29H39N3O4/c1-6-19-31-24-16-12-11-15-23(24)30-26(31)18-17-25(27(33)35-21-22-13-9-8-10-14-22)32(20-7-2)28(34)36-29(3,4)5/h8-16,25H,6-7,17-21H2,1-5H3/t25-/m0/s1. The molecule has 0 radical (unpaired) electrons. The number of esters is 1. The Hall–Kier alpha value is -3.35. The molecule has 0 bridgehead atoms. The fourth-order valence-corrected chi connectivity index (χ4v) is 4.22. The predicted molar refractivity (Wildman–Crippen MR) is 142 cm³/mol. The first-order valence-corrected chi connectivity index (χ1v) is 12.9. The van der Waals surface area contributed by atoms with Crippen LogP contribution < -0.4 is 0 Å². The third-order valence-corrected chi connectivity index (χ3v) is 5.79. The lowest BCUT2D eigenvalue weighted by Gasteiger charge is -2.32. The molecule has 36 heavy (non-hydrogen) atoms. The van der Waals surface area contributed by atoms with Gasteiger partial charge in [-0.1, -0.05) is 56.3 Å². The van der Waals surface area contributed by atoms with E-state index in [1.54, 1.807) is 0 Å². The first-order chi connectivity index (χ1) is 17.2. The molecule has 0 aliphatic heterocycles. The molecule has 1 heterocycles. The van der Waals surface area contributed by atoms with Gasteiger partial charge in [-0.3, -0.25) is 4.90 Å². The van der Waals surface area contributed by atoms with Crippen molar-refractivity contribution in [2.24, 2.45) is 0 Å². The van der Waals surface area contributed by atoms with Gasteiger partial charge in [0.15, 0.2) is 0 Å². The highest BCUT2D eigenvalue weighted by Gasteiger charge is 2.34. The Morgan fingerprint density at radius 1 is 1.00 bits per heavy atom. The summed E-state index contributed by atoms with van der Waals surface area (Å²) < 4.78 is 13.6. The molecule has 1 aromatic heterocycles. The number of hydrogen-bond donors (Lipinski definition) is 0. The van der Waals surface area contributed by atoms with Crippen molar-refractivity contribution in [3.63, 3.8) is 0 Å². The van der Waals surface area contributed by atoms with E-state index in [4.69, 9.17) is 14.5 Å². The van der Waals surface area contributed by atoms with Gasteiger partial charge in [-0.2, -0.15) is 0 Å². The second-order valence-electron chi connectivity index (χ2n) is 9.99. The maximum Gasteiger partial charge on any atom is 0.411 e. The third-order valence-electron chi connectivity index (χ3n) is 5.79. The van der Waals surface area contributed by atoms with Crippen LogP contribution in [0, 0.1) is 0 Å². The molecule has 1 atom stereocenters. The van der Waals surface area contributed by atoms with Gasteiger partial charge in [0.2, 0.25) is 0 Å². The van der Waals surface area contributed by atoms with E-state index in [9.17, 15) is 9.59 Å². The van der Waals surface area contributed by atoms with E-state index in [1.807, 2.05) is 76.2 Å². The molecular weight excluding hydrogens is 454 g/mol. The molecule has 0 aliphatic carbocycles. The van der Waals surface area contributed by atoms with Crippen LogP contribution >= 0.6 is 0 Å². The highest BCUT2D eigenvalue weighted by molar-refractivity contribution is 5.81. The van der Waals surface area contributed by atoms with E-state index in [-0.39, 0.29) is 6.61 Å². The van der Waals surface area contributed by atoms with E-state index in [0.29, 0.717) is 25.8 Å². The zero-order chi connectivity index (χ0) is 26.1. The number of rotatable bonds is 11. The lowest BCUT2D eigenvalue weighted by atomic mass is 10.1. The Kier molecular flexibility index (Phi) is 9.51. The van der Waals surface area contributed by atoms with Crippen LogP contribution in [-0.2, 0) is 33.8 Å². The summed E-state index contributed by atoms with van der Waals surface area (Å²) >= 11 is 0.